The Morgan fingerprint density at radius 3 is 2.04 bits per heavy atom. The molecule has 1 heterocycles. The van der Waals surface area contributed by atoms with Crippen LogP contribution in [-0.2, 0) is 11.2 Å². The molecular weight excluding hydrogens is 444 g/mol. The van der Waals surface area contributed by atoms with Gasteiger partial charge in [-0.1, -0.05) is 30.3 Å². The minimum Gasteiger partial charge on any atom is -0.332 e. The number of nitrogens with one attached hydrogen (secondary N) is 2. The lowest BCUT2D eigenvalue weighted by Gasteiger charge is -2.38. The third-order valence-electron chi connectivity index (χ3n) is 3.43. The smallest absolute Gasteiger partial charge is 0.332 e. The van der Waals surface area contributed by atoms with Crippen LogP contribution >= 0.6 is 15.9 Å². The van der Waals surface area contributed by atoms with E-state index < -0.39 is 36.2 Å². The SMILES string of the molecule is O=C(Cc1ccccc1)NC(Nc1ccc(Br)cn1)(C(F)(F)F)C(F)(F)F. The van der Waals surface area contributed by atoms with Crippen LogP contribution in [0.5, 0.6) is 0 Å². The molecule has 0 aliphatic heterocycles. The summed E-state index contributed by atoms with van der Waals surface area (Å²) in [7, 11) is 0. The molecule has 27 heavy (non-hydrogen) atoms. The summed E-state index contributed by atoms with van der Waals surface area (Å²) in [5, 5.41) is 2.37. The second kappa shape index (κ2) is 7.75. The lowest BCUT2D eigenvalue weighted by Crippen LogP contribution is -2.72. The van der Waals surface area contributed by atoms with E-state index >= 15 is 0 Å². The minimum absolute atomic E-state index is 0.259. The van der Waals surface area contributed by atoms with Gasteiger partial charge in [0.1, 0.15) is 5.82 Å². The summed E-state index contributed by atoms with van der Waals surface area (Å²) >= 11 is 2.98. The number of pyridine rings is 1. The Hall–Kier alpha value is -2.30. The Morgan fingerprint density at radius 1 is 0.963 bits per heavy atom. The molecule has 0 saturated carbocycles. The molecule has 146 valence electrons. The van der Waals surface area contributed by atoms with Crippen molar-refractivity contribution in [2.75, 3.05) is 5.32 Å². The third-order valence-corrected chi connectivity index (χ3v) is 3.90. The average Bonchev–Trinajstić information content (AvgIpc) is 2.55. The van der Waals surface area contributed by atoms with Crippen LogP contribution in [0.1, 0.15) is 5.56 Å². The Morgan fingerprint density at radius 2 is 1.56 bits per heavy atom. The van der Waals surface area contributed by atoms with Crippen LogP contribution in [0.25, 0.3) is 0 Å². The average molecular weight is 456 g/mol. The Kier molecular flexibility index (Phi) is 6.03. The molecule has 0 aliphatic carbocycles. The number of benzene rings is 1. The van der Waals surface area contributed by atoms with Gasteiger partial charge >= 0.3 is 18.0 Å². The van der Waals surface area contributed by atoms with Crippen molar-refractivity contribution in [2.24, 2.45) is 0 Å². The molecule has 1 aromatic heterocycles. The highest BCUT2D eigenvalue weighted by atomic mass is 79.9. The maximum absolute atomic E-state index is 13.5. The monoisotopic (exact) mass is 455 g/mol. The zero-order valence-corrected chi connectivity index (χ0v) is 14.9. The van der Waals surface area contributed by atoms with E-state index in [1.165, 1.54) is 35.6 Å². The van der Waals surface area contributed by atoms with Crippen LogP contribution in [0, 0.1) is 0 Å². The van der Waals surface area contributed by atoms with Crippen molar-refractivity contribution < 1.29 is 31.1 Å². The molecule has 0 radical (unpaired) electrons. The van der Waals surface area contributed by atoms with Crippen molar-refractivity contribution in [1.29, 1.82) is 0 Å². The quantitative estimate of drug-likeness (QED) is 0.517. The molecule has 0 saturated heterocycles. The van der Waals surface area contributed by atoms with Crippen molar-refractivity contribution in [1.82, 2.24) is 10.3 Å². The first-order chi connectivity index (χ1) is 12.4. The summed E-state index contributed by atoms with van der Waals surface area (Å²) in [6.07, 6.45) is -11.4. The van der Waals surface area contributed by atoms with E-state index in [0.717, 1.165) is 17.6 Å². The van der Waals surface area contributed by atoms with Gasteiger partial charge in [0.2, 0.25) is 5.91 Å². The molecule has 2 rings (SSSR count). The van der Waals surface area contributed by atoms with Crippen molar-refractivity contribution >= 4 is 27.7 Å². The van der Waals surface area contributed by atoms with E-state index in [1.54, 1.807) is 6.07 Å². The van der Waals surface area contributed by atoms with Crippen LogP contribution in [0.3, 0.4) is 0 Å². The Bertz CT molecular complexity index is 763. The molecule has 0 fully saturated rings. The highest BCUT2D eigenvalue weighted by Crippen LogP contribution is 2.43. The summed E-state index contributed by atoms with van der Waals surface area (Å²) in [4.78, 5) is 15.5. The molecule has 4 nitrogen and oxygen atoms in total. The van der Waals surface area contributed by atoms with E-state index in [9.17, 15) is 31.1 Å². The molecule has 0 bridgehead atoms. The summed E-state index contributed by atoms with van der Waals surface area (Å²) < 4.78 is 81.4. The number of halogens is 7. The van der Waals surface area contributed by atoms with Gasteiger partial charge in [-0.2, -0.15) is 26.3 Å². The lowest BCUT2D eigenvalue weighted by molar-refractivity contribution is -0.296. The fourth-order valence-corrected chi connectivity index (χ4v) is 2.39. The molecule has 2 aromatic rings. The number of carbonyl (C=O) groups excluding carboxylic acids is 1. The molecule has 0 spiro atoms. The van der Waals surface area contributed by atoms with Crippen LogP contribution in [0.2, 0.25) is 0 Å². The zero-order chi connectivity index (χ0) is 20.3. The second-order valence-corrected chi connectivity index (χ2v) is 6.36. The lowest BCUT2D eigenvalue weighted by atomic mass is 10.1. The van der Waals surface area contributed by atoms with Crippen molar-refractivity contribution in [2.45, 2.75) is 24.4 Å². The number of hydrogen-bond acceptors (Lipinski definition) is 3. The van der Waals surface area contributed by atoms with Gasteiger partial charge in [0, 0.05) is 10.7 Å². The number of hydrogen-bond donors (Lipinski definition) is 2. The predicted octanol–water partition coefficient (Wildman–Crippen LogP) is 4.44. The first-order valence-corrected chi connectivity index (χ1v) is 8.12. The highest BCUT2D eigenvalue weighted by molar-refractivity contribution is 9.10. The van der Waals surface area contributed by atoms with Gasteiger partial charge in [0.05, 0.1) is 6.42 Å². The Labute approximate surface area is 158 Å². The number of aromatic nitrogens is 1. The van der Waals surface area contributed by atoms with Gasteiger partial charge in [0.25, 0.3) is 0 Å². The summed E-state index contributed by atoms with van der Waals surface area (Å²) in [5.74, 6) is -2.17. The third kappa shape index (κ3) is 4.90. The predicted molar refractivity (Wildman–Crippen MR) is 88.7 cm³/mol. The molecular formula is C16H12BrF6N3O. The first-order valence-electron chi connectivity index (χ1n) is 7.33. The van der Waals surface area contributed by atoms with E-state index in [2.05, 4.69) is 20.9 Å². The van der Waals surface area contributed by atoms with Crippen molar-refractivity contribution in [3.05, 3.63) is 58.7 Å². The maximum Gasteiger partial charge on any atom is 0.439 e. The second-order valence-electron chi connectivity index (χ2n) is 5.44. The molecule has 0 aliphatic rings. The topological polar surface area (TPSA) is 54.0 Å². The van der Waals surface area contributed by atoms with Gasteiger partial charge in [-0.15, -0.1) is 0 Å². The zero-order valence-electron chi connectivity index (χ0n) is 13.3. The number of anilines is 1. The highest BCUT2D eigenvalue weighted by Gasteiger charge is 2.72. The maximum atomic E-state index is 13.5. The molecule has 1 amide bonds. The largest absolute Gasteiger partial charge is 0.439 e. The minimum atomic E-state index is -5.90. The van der Waals surface area contributed by atoms with Gasteiger partial charge in [0.15, 0.2) is 0 Å². The Balaban J connectivity index is 2.38. The number of amides is 1. The van der Waals surface area contributed by atoms with Crippen LogP contribution in [0.15, 0.2) is 53.1 Å². The summed E-state index contributed by atoms with van der Waals surface area (Å²) in [5.41, 5.74) is -4.44. The number of alkyl halides is 6. The molecule has 0 atom stereocenters. The van der Waals surface area contributed by atoms with E-state index in [0.29, 0.717) is 4.47 Å². The molecule has 2 N–H and O–H groups in total. The molecule has 1 aromatic carbocycles. The summed E-state index contributed by atoms with van der Waals surface area (Å²) in [6.45, 7) is 0. The normalized spacial score (nSPS) is 12.6. The number of nitrogens with zero attached hydrogens (tertiary/aromatic N) is 1. The van der Waals surface area contributed by atoms with E-state index in [1.807, 2.05) is 0 Å². The van der Waals surface area contributed by atoms with Gasteiger partial charge in [-0.3, -0.25) is 4.79 Å². The van der Waals surface area contributed by atoms with Gasteiger partial charge in [-0.25, -0.2) is 4.98 Å². The van der Waals surface area contributed by atoms with Crippen molar-refractivity contribution in [3.63, 3.8) is 0 Å². The van der Waals surface area contributed by atoms with E-state index in [-0.39, 0.29) is 5.56 Å². The molecule has 0 unspecified atom stereocenters. The first kappa shape index (κ1) is 21.0. The van der Waals surface area contributed by atoms with E-state index in [4.69, 9.17) is 0 Å². The van der Waals surface area contributed by atoms with Crippen LogP contribution in [-0.4, -0.2) is 28.9 Å². The fraction of sp³-hybridized carbons (Fsp3) is 0.250. The fourth-order valence-electron chi connectivity index (χ4n) is 2.15. The number of carbonyl (C=O) groups is 1. The van der Waals surface area contributed by atoms with Crippen LogP contribution in [0.4, 0.5) is 32.2 Å². The molecule has 11 heteroatoms. The van der Waals surface area contributed by atoms with Crippen molar-refractivity contribution in [3.8, 4) is 0 Å². The standard InChI is InChI=1S/C16H12BrF6N3O/c17-11-6-7-12(24-9-11)25-14(15(18,19)20,16(21,22)23)26-13(27)8-10-4-2-1-3-5-10/h1-7,9H,8H2,(H,24,25)(H,26,27). The summed E-state index contributed by atoms with van der Waals surface area (Å²) in [6, 6.07) is 9.55. The van der Waals surface area contributed by atoms with Gasteiger partial charge in [-0.05, 0) is 33.6 Å². The van der Waals surface area contributed by atoms with Gasteiger partial charge < -0.3 is 10.6 Å². The van der Waals surface area contributed by atoms with Crippen LogP contribution < -0.4 is 10.6 Å². The number of rotatable bonds is 5.